The molecule has 1 heterocycles. The van der Waals surface area contributed by atoms with Crippen molar-refractivity contribution in [2.24, 2.45) is 4.99 Å². The molecule has 2 N–H and O–H groups in total. The molecule has 6 heteroatoms. The Labute approximate surface area is 184 Å². The summed E-state index contributed by atoms with van der Waals surface area (Å²) in [5, 5.41) is 6.58. The molecule has 0 aliphatic carbocycles. The molecule has 0 radical (unpaired) electrons. The van der Waals surface area contributed by atoms with Crippen LogP contribution in [-0.2, 0) is 23.2 Å². The van der Waals surface area contributed by atoms with Crippen LogP contribution in [0, 0.1) is 5.82 Å². The molecule has 0 saturated heterocycles. The van der Waals surface area contributed by atoms with Crippen LogP contribution in [0.3, 0.4) is 0 Å². The van der Waals surface area contributed by atoms with Gasteiger partial charge in [0.2, 0.25) is 5.91 Å². The first kappa shape index (κ1) is 22.8. The lowest BCUT2D eigenvalue weighted by Gasteiger charge is -2.29. The summed E-state index contributed by atoms with van der Waals surface area (Å²) in [5.74, 6) is 0.658. The lowest BCUT2D eigenvalue weighted by atomic mass is 9.84. The summed E-state index contributed by atoms with van der Waals surface area (Å²) in [6, 6.07) is 15.0. The van der Waals surface area contributed by atoms with E-state index < -0.39 is 0 Å². The number of benzene rings is 2. The number of amides is 1. The molecule has 0 spiro atoms. The van der Waals surface area contributed by atoms with E-state index in [1.54, 1.807) is 19.2 Å². The van der Waals surface area contributed by atoms with Gasteiger partial charge in [-0.3, -0.25) is 9.79 Å². The number of hydrogen-bond donors (Lipinski definition) is 2. The molecule has 0 bridgehead atoms. The number of aliphatic imine (C=N–C) groups is 1. The lowest BCUT2D eigenvalue weighted by Crippen LogP contribution is -2.44. The van der Waals surface area contributed by atoms with E-state index in [-0.39, 0.29) is 17.1 Å². The van der Waals surface area contributed by atoms with Crippen molar-refractivity contribution in [1.82, 2.24) is 15.5 Å². The average Bonchev–Trinajstić information content (AvgIpc) is 2.78. The number of guanidine groups is 1. The number of nitrogens with one attached hydrogen (secondary N) is 2. The first-order chi connectivity index (χ1) is 14.9. The summed E-state index contributed by atoms with van der Waals surface area (Å²) in [5.41, 5.74) is 3.29. The molecular weight excluding hydrogens is 391 g/mol. The number of carbonyl (C=O) groups excluding carboxylic acids is 1. The van der Waals surface area contributed by atoms with E-state index in [4.69, 9.17) is 0 Å². The topological polar surface area (TPSA) is 56.7 Å². The molecule has 0 fully saturated rings. The smallest absolute Gasteiger partial charge is 0.222 e. The zero-order valence-corrected chi connectivity index (χ0v) is 18.7. The molecule has 31 heavy (non-hydrogen) atoms. The van der Waals surface area contributed by atoms with Crippen molar-refractivity contribution < 1.29 is 9.18 Å². The third-order valence-corrected chi connectivity index (χ3v) is 5.87. The van der Waals surface area contributed by atoms with E-state index >= 15 is 0 Å². The number of hydrogen-bond acceptors (Lipinski definition) is 2. The summed E-state index contributed by atoms with van der Waals surface area (Å²) in [6.07, 6.45) is 2.18. The summed E-state index contributed by atoms with van der Waals surface area (Å²) in [7, 11) is 1.72. The minimum absolute atomic E-state index is 0.200. The van der Waals surface area contributed by atoms with E-state index in [0.29, 0.717) is 32.0 Å². The van der Waals surface area contributed by atoms with Crippen molar-refractivity contribution in [2.75, 3.05) is 26.7 Å². The third kappa shape index (κ3) is 6.29. The molecule has 166 valence electrons. The van der Waals surface area contributed by atoms with Crippen molar-refractivity contribution in [3.63, 3.8) is 0 Å². The van der Waals surface area contributed by atoms with Crippen molar-refractivity contribution in [2.45, 2.75) is 45.1 Å². The number of nitrogens with zero attached hydrogens (tertiary/aromatic N) is 2. The molecule has 2 aromatic carbocycles. The van der Waals surface area contributed by atoms with Crippen molar-refractivity contribution in [1.29, 1.82) is 0 Å². The first-order valence-corrected chi connectivity index (χ1v) is 10.9. The van der Waals surface area contributed by atoms with Gasteiger partial charge < -0.3 is 15.5 Å². The molecule has 5 nitrogen and oxygen atoms in total. The number of carbonyl (C=O) groups is 1. The van der Waals surface area contributed by atoms with Crippen LogP contribution in [0.2, 0.25) is 0 Å². The fraction of sp³-hybridized carbons (Fsp3) is 0.440. The van der Waals surface area contributed by atoms with Gasteiger partial charge in [0, 0.05) is 45.1 Å². The van der Waals surface area contributed by atoms with E-state index in [0.717, 1.165) is 24.9 Å². The van der Waals surface area contributed by atoms with Gasteiger partial charge in [0.1, 0.15) is 5.82 Å². The average molecular weight is 425 g/mol. The van der Waals surface area contributed by atoms with Gasteiger partial charge in [-0.2, -0.15) is 0 Å². The largest absolute Gasteiger partial charge is 0.356 e. The Morgan fingerprint density at radius 2 is 1.90 bits per heavy atom. The van der Waals surface area contributed by atoms with Gasteiger partial charge in [0.15, 0.2) is 5.96 Å². The van der Waals surface area contributed by atoms with Crippen LogP contribution in [-0.4, -0.2) is 43.4 Å². The van der Waals surface area contributed by atoms with E-state index in [2.05, 4.69) is 47.7 Å². The van der Waals surface area contributed by atoms with E-state index in [1.165, 1.54) is 17.2 Å². The minimum Gasteiger partial charge on any atom is -0.356 e. The Kier molecular flexibility index (Phi) is 7.66. The van der Waals surface area contributed by atoms with Crippen molar-refractivity contribution in [3.8, 4) is 0 Å². The maximum Gasteiger partial charge on any atom is 0.222 e. The standard InChI is InChI=1S/C25H33FN4O/c1-25(2,21-10-6-11-22(26)16-21)18-29-24(27-3)28-14-7-12-23(31)30-15-13-19-8-4-5-9-20(19)17-30/h4-6,8-11,16H,7,12-15,17-18H2,1-3H3,(H2,27,28,29). The summed E-state index contributed by atoms with van der Waals surface area (Å²) < 4.78 is 13.6. The zero-order chi connectivity index (χ0) is 22.3. The predicted octanol–water partition coefficient (Wildman–Crippen LogP) is 3.63. The van der Waals surface area contributed by atoms with Crippen molar-refractivity contribution >= 4 is 11.9 Å². The SMILES string of the molecule is CN=C(NCCCC(=O)N1CCc2ccccc2C1)NCC(C)(C)c1cccc(F)c1. The normalized spacial score (nSPS) is 14.2. The zero-order valence-electron chi connectivity index (χ0n) is 18.7. The van der Waals surface area contributed by atoms with Gasteiger partial charge >= 0.3 is 0 Å². The molecule has 1 amide bonds. The first-order valence-electron chi connectivity index (χ1n) is 10.9. The Morgan fingerprint density at radius 1 is 1.13 bits per heavy atom. The van der Waals surface area contributed by atoms with Crippen LogP contribution in [0.1, 0.15) is 43.4 Å². The highest BCUT2D eigenvalue weighted by Crippen LogP contribution is 2.23. The van der Waals surface area contributed by atoms with Gasteiger partial charge in [0.25, 0.3) is 0 Å². The van der Waals surface area contributed by atoms with E-state index in [1.807, 2.05) is 17.0 Å². The summed E-state index contributed by atoms with van der Waals surface area (Å²) >= 11 is 0. The maximum atomic E-state index is 13.6. The second-order valence-corrected chi connectivity index (χ2v) is 8.68. The lowest BCUT2D eigenvalue weighted by molar-refractivity contribution is -0.132. The van der Waals surface area contributed by atoms with Gasteiger partial charge in [0.05, 0.1) is 0 Å². The Hall–Kier alpha value is -2.89. The highest BCUT2D eigenvalue weighted by atomic mass is 19.1. The highest BCUT2D eigenvalue weighted by Gasteiger charge is 2.22. The van der Waals surface area contributed by atoms with Crippen LogP contribution in [0.15, 0.2) is 53.5 Å². The molecule has 0 unspecified atom stereocenters. The molecule has 0 aromatic heterocycles. The molecule has 2 aromatic rings. The number of rotatable bonds is 7. The second kappa shape index (κ2) is 10.4. The van der Waals surface area contributed by atoms with Gasteiger partial charge in [-0.25, -0.2) is 4.39 Å². The Morgan fingerprint density at radius 3 is 2.65 bits per heavy atom. The molecular formula is C25H33FN4O. The quantitative estimate of drug-likeness (QED) is 0.405. The maximum absolute atomic E-state index is 13.6. The van der Waals surface area contributed by atoms with Gasteiger partial charge in [-0.1, -0.05) is 50.2 Å². The van der Waals surface area contributed by atoms with Gasteiger partial charge in [-0.15, -0.1) is 0 Å². The van der Waals surface area contributed by atoms with Crippen LogP contribution >= 0.6 is 0 Å². The number of halogens is 1. The molecule has 1 aliphatic rings. The summed E-state index contributed by atoms with van der Waals surface area (Å²) in [6.45, 7) is 6.91. The number of fused-ring (bicyclic) bond motifs is 1. The fourth-order valence-electron chi connectivity index (χ4n) is 3.85. The third-order valence-electron chi connectivity index (χ3n) is 5.87. The van der Waals surface area contributed by atoms with Crippen LogP contribution in [0.5, 0.6) is 0 Å². The Bertz CT molecular complexity index is 925. The summed E-state index contributed by atoms with van der Waals surface area (Å²) in [4.78, 5) is 18.8. The van der Waals surface area contributed by atoms with Crippen LogP contribution in [0.4, 0.5) is 4.39 Å². The predicted molar refractivity (Wildman–Crippen MR) is 124 cm³/mol. The van der Waals surface area contributed by atoms with E-state index in [9.17, 15) is 9.18 Å². The van der Waals surface area contributed by atoms with Crippen LogP contribution < -0.4 is 10.6 Å². The van der Waals surface area contributed by atoms with Gasteiger partial charge in [-0.05, 0) is 41.7 Å². The highest BCUT2D eigenvalue weighted by molar-refractivity contribution is 5.80. The molecule has 0 atom stereocenters. The molecule has 3 rings (SSSR count). The minimum atomic E-state index is -0.250. The second-order valence-electron chi connectivity index (χ2n) is 8.68. The van der Waals surface area contributed by atoms with Crippen LogP contribution in [0.25, 0.3) is 0 Å². The molecule has 1 aliphatic heterocycles. The Balaban J connectivity index is 1.40. The van der Waals surface area contributed by atoms with Crippen molar-refractivity contribution in [3.05, 3.63) is 71.0 Å². The fourth-order valence-corrected chi connectivity index (χ4v) is 3.85. The monoisotopic (exact) mass is 424 g/mol. The molecule has 0 saturated carbocycles.